The zero-order chi connectivity index (χ0) is 31.9. The van der Waals surface area contributed by atoms with Crippen molar-refractivity contribution in [1.82, 2.24) is 10.2 Å². The molecule has 2 atom stereocenters. The molecule has 0 saturated carbocycles. The van der Waals surface area contributed by atoms with Crippen LogP contribution in [-0.2, 0) is 32.3 Å². The van der Waals surface area contributed by atoms with Crippen LogP contribution in [0.2, 0.25) is 5.02 Å². The number of hydrogen-bond acceptors (Lipinski definition) is 4. The summed E-state index contributed by atoms with van der Waals surface area (Å²) in [6.45, 7) is 6.34. The Morgan fingerprint density at radius 2 is 1.58 bits per heavy atom. The third-order valence-electron chi connectivity index (χ3n) is 7.14. The Morgan fingerprint density at radius 1 is 0.953 bits per heavy atom. The van der Waals surface area contributed by atoms with E-state index in [0.29, 0.717) is 16.8 Å². The molecule has 0 aliphatic heterocycles. The van der Waals surface area contributed by atoms with E-state index in [0.717, 1.165) is 23.3 Å². The van der Waals surface area contributed by atoms with Crippen LogP contribution in [0.3, 0.4) is 0 Å². The molecule has 0 unspecified atom stereocenters. The van der Waals surface area contributed by atoms with Gasteiger partial charge in [-0.05, 0) is 68.1 Å². The number of carbonyl (C=O) groups excluding carboxylic acids is 2. The largest absolute Gasteiger partial charge is 0.416 e. The van der Waals surface area contributed by atoms with Crippen LogP contribution in [0, 0.1) is 6.92 Å². The molecule has 3 aromatic carbocycles. The maximum absolute atomic E-state index is 14.1. The molecule has 0 spiro atoms. The van der Waals surface area contributed by atoms with Crippen molar-refractivity contribution in [1.29, 1.82) is 0 Å². The van der Waals surface area contributed by atoms with Gasteiger partial charge in [0, 0.05) is 12.6 Å². The number of hydrogen-bond donors (Lipinski definition) is 1. The monoisotopic (exact) mass is 637 g/mol. The van der Waals surface area contributed by atoms with Crippen molar-refractivity contribution in [3.05, 3.63) is 94.5 Å². The average Bonchev–Trinajstić information content (AvgIpc) is 2.96. The first kappa shape index (κ1) is 33.9. The summed E-state index contributed by atoms with van der Waals surface area (Å²) < 4.78 is 69.5. The van der Waals surface area contributed by atoms with E-state index in [1.54, 1.807) is 25.1 Å². The fraction of sp³-hybridized carbons (Fsp3) is 0.355. The minimum Gasteiger partial charge on any atom is -0.352 e. The number of rotatable bonds is 12. The van der Waals surface area contributed by atoms with Crippen LogP contribution in [0.1, 0.15) is 50.3 Å². The Hall–Kier alpha value is -3.57. The third kappa shape index (κ3) is 8.29. The maximum atomic E-state index is 14.1. The smallest absolute Gasteiger partial charge is 0.352 e. The molecule has 0 heterocycles. The Bertz CT molecular complexity index is 1530. The van der Waals surface area contributed by atoms with E-state index in [1.807, 2.05) is 32.9 Å². The zero-order valence-corrected chi connectivity index (χ0v) is 25.9. The second-order valence-corrected chi connectivity index (χ2v) is 12.4. The number of halogens is 4. The highest BCUT2D eigenvalue weighted by atomic mass is 35.5. The van der Waals surface area contributed by atoms with Gasteiger partial charge in [-0.15, -0.1) is 0 Å². The van der Waals surface area contributed by atoms with Gasteiger partial charge in [-0.25, -0.2) is 8.42 Å². The fourth-order valence-corrected chi connectivity index (χ4v) is 6.16. The maximum Gasteiger partial charge on any atom is 0.416 e. The summed E-state index contributed by atoms with van der Waals surface area (Å²) in [7, 11) is -4.59. The van der Waals surface area contributed by atoms with Crippen LogP contribution in [0.5, 0.6) is 0 Å². The molecular formula is C31H35ClF3N3O4S. The normalized spacial score (nSPS) is 13.2. The molecule has 0 aromatic heterocycles. The first-order valence-corrected chi connectivity index (χ1v) is 15.6. The number of aryl methyl sites for hydroxylation is 1. The number of carbonyl (C=O) groups is 2. The van der Waals surface area contributed by atoms with Gasteiger partial charge in [-0.2, -0.15) is 13.2 Å². The number of alkyl halides is 3. The molecule has 43 heavy (non-hydrogen) atoms. The molecule has 232 valence electrons. The van der Waals surface area contributed by atoms with Gasteiger partial charge in [0.25, 0.3) is 10.0 Å². The number of nitrogens with one attached hydrogen (secondary N) is 1. The number of nitrogens with zero attached hydrogens (tertiary/aromatic N) is 2. The van der Waals surface area contributed by atoms with Crippen molar-refractivity contribution in [3.63, 3.8) is 0 Å². The minimum absolute atomic E-state index is 0.0342. The van der Waals surface area contributed by atoms with Gasteiger partial charge in [0.05, 0.1) is 21.2 Å². The lowest BCUT2D eigenvalue weighted by Gasteiger charge is -2.34. The second kappa shape index (κ2) is 14.3. The van der Waals surface area contributed by atoms with Crippen molar-refractivity contribution >= 4 is 39.1 Å². The van der Waals surface area contributed by atoms with Gasteiger partial charge in [0.1, 0.15) is 12.6 Å². The Kier molecular flexibility index (Phi) is 11.3. The standard InChI is InChI=1S/C31H35ClF3N3O4S/c1-5-22(4)36-30(40)27(6-2)37(19-23-13-11-10-12-21(23)3)29(39)20-38(43(41,42)25-14-8-7-9-15-25)28-18-24(31(33,34)35)16-17-26(28)32/h7-18,22,27H,5-6,19-20H2,1-4H3,(H,36,40)/t22-,27+/m1/s1. The van der Waals surface area contributed by atoms with Gasteiger partial charge in [-0.1, -0.05) is 67.9 Å². The van der Waals surface area contributed by atoms with Crippen LogP contribution in [0.25, 0.3) is 0 Å². The molecule has 2 amide bonds. The summed E-state index contributed by atoms with van der Waals surface area (Å²) in [6.07, 6.45) is -3.95. The Balaban J connectivity index is 2.16. The van der Waals surface area contributed by atoms with E-state index in [2.05, 4.69) is 5.32 Å². The van der Waals surface area contributed by atoms with E-state index in [1.165, 1.54) is 29.2 Å². The molecule has 3 aromatic rings. The molecule has 1 N–H and O–H groups in total. The molecule has 3 rings (SSSR count). The predicted molar refractivity (Wildman–Crippen MR) is 161 cm³/mol. The number of amides is 2. The number of benzene rings is 3. The van der Waals surface area contributed by atoms with Crippen LogP contribution in [0.15, 0.2) is 77.7 Å². The molecular weight excluding hydrogens is 603 g/mol. The average molecular weight is 638 g/mol. The molecule has 7 nitrogen and oxygen atoms in total. The molecule has 0 radical (unpaired) electrons. The molecule has 0 aliphatic carbocycles. The molecule has 0 fully saturated rings. The van der Waals surface area contributed by atoms with Crippen LogP contribution < -0.4 is 9.62 Å². The quantitative estimate of drug-likeness (QED) is 0.243. The molecule has 0 aliphatic rings. The number of anilines is 1. The van der Waals surface area contributed by atoms with Gasteiger partial charge in [0.2, 0.25) is 11.8 Å². The highest BCUT2D eigenvalue weighted by molar-refractivity contribution is 7.92. The van der Waals surface area contributed by atoms with Crippen molar-refractivity contribution in [2.24, 2.45) is 0 Å². The van der Waals surface area contributed by atoms with E-state index >= 15 is 0 Å². The highest BCUT2D eigenvalue weighted by Crippen LogP contribution is 2.37. The van der Waals surface area contributed by atoms with Crippen LogP contribution in [-0.4, -0.2) is 43.8 Å². The SMILES string of the molecule is CC[C@@H](C)NC(=O)[C@H](CC)N(Cc1ccccc1C)C(=O)CN(c1cc(C(F)(F)F)ccc1Cl)S(=O)(=O)c1ccccc1. The molecule has 0 saturated heterocycles. The van der Waals surface area contributed by atoms with Crippen LogP contribution in [0.4, 0.5) is 18.9 Å². The topological polar surface area (TPSA) is 86.8 Å². The van der Waals surface area contributed by atoms with Crippen molar-refractivity contribution < 1.29 is 31.2 Å². The predicted octanol–water partition coefficient (Wildman–Crippen LogP) is 6.58. The lowest BCUT2D eigenvalue weighted by molar-refractivity contribution is -0.140. The Morgan fingerprint density at radius 3 is 2.16 bits per heavy atom. The third-order valence-corrected chi connectivity index (χ3v) is 9.23. The van der Waals surface area contributed by atoms with E-state index in [-0.39, 0.29) is 28.9 Å². The summed E-state index contributed by atoms with van der Waals surface area (Å²) in [5, 5.41) is 2.58. The Labute approximate surface area is 255 Å². The van der Waals surface area contributed by atoms with Crippen molar-refractivity contribution in [3.8, 4) is 0 Å². The van der Waals surface area contributed by atoms with Gasteiger partial charge in [-0.3, -0.25) is 13.9 Å². The first-order valence-electron chi connectivity index (χ1n) is 13.8. The van der Waals surface area contributed by atoms with E-state index in [4.69, 9.17) is 11.6 Å². The van der Waals surface area contributed by atoms with Crippen molar-refractivity contribution in [2.75, 3.05) is 10.8 Å². The van der Waals surface area contributed by atoms with E-state index in [9.17, 15) is 31.2 Å². The molecule has 0 bridgehead atoms. The number of sulfonamides is 1. The molecule has 12 heteroatoms. The second-order valence-electron chi connectivity index (χ2n) is 10.2. The first-order chi connectivity index (χ1) is 20.2. The van der Waals surface area contributed by atoms with Gasteiger partial charge < -0.3 is 10.2 Å². The van der Waals surface area contributed by atoms with Crippen LogP contribution >= 0.6 is 11.6 Å². The fourth-order valence-electron chi connectivity index (χ4n) is 4.44. The van der Waals surface area contributed by atoms with Gasteiger partial charge in [0.15, 0.2) is 0 Å². The lowest BCUT2D eigenvalue weighted by Crippen LogP contribution is -2.53. The summed E-state index contributed by atoms with van der Waals surface area (Å²) in [5.74, 6) is -1.21. The van der Waals surface area contributed by atoms with Gasteiger partial charge >= 0.3 is 6.18 Å². The summed E-state index contributed by atoms with van der Waals surface area (Å²) in [5.41, 5.74) is -0.0854. The van der Waals surface area contributed by atoms with Crippen molar-refractivity contribution in [2.45, 2.75) is 70.2 Å². The van der Waals surface area contributed by atoms with E-state index < -0.39 is 51.9 Å². The summed E-state index contributed by atoms with van der Waals surface area (Å²) >= 11 is 6.30. The summed E-state index contributed by atoms with van der Waals surface area (Å²) in [6, 6.07) is 15.4. The zero-order valence-electron chi connectivity index (χ0n) is 24.4. The minimum atomic E-state index is -4.80. The lowest BCUT2D eigenvalue weighted by atomic mass is 10.1. The highest BCUT2D eigenvalue weighted by Gasteiger charge is 2.37. The summed E-state index contributed by atoms with van der Waals surface area (Å²) in [4.78, 5) is 28.5.